The van der Waals surface area contributed by atoms with Gasteiger partial charge in [0.25, 0.3) is 0 Å². The highest BCUT2D eigenvalue weighted by Gasteiger charge is 2.23. The number of hydrogen-bond acceptors (Lipinski definition) is 7. The minimum absolute atomic E-state index is 0.0378. The van der Waals surface area contributed by atoms with Crippen molar-refractivity contribution in [2.24, 2.45) is 0 Å². The number of amides is 1. The minimum Gasteiger partial charge on any atom is -0.463 e. The van der Waals surface area contributed by atoms with Crippen LogP contribution in [0.15, 0.2) is 72.9 Å². The van der Waals surface area contributed by atoms with E-state index in [1.807, 2.05) is 12.2 Å². The van der Waals surface area contributed by atoms with Gasteiger partial charge in [0.15, 0.2) is 0 Å². The molecule has 0 aliphatic heterocycles. The molecule has 3 N–H and O–H groups in total. The van der Waals surface area contributed by atoms with Crippen molar-refractivity contribution in [3.8, 4) is 0 Å². The largest absolute Gasteiger partial charge is 0.472 e. The van der Waals surface area contributed by atoms with Crippen molar-refractivity contribution in [2.75, 3.05) is 26.4 Å². The monoisotopic (exact) mass is 820 g/mol. The van der Waals surface area contributed by atoms with Crippen LogP contribution in [-0.4, -0.2) is 54.3 Å². The van der Waals surface area contributed by atoms with Crippen molar-refractivity contribution in [3.63, 3.8) is 0 Å². The molecule has 0 radical (unpaired) electrons. The van der Waals surface area contributed by atoms with Crippen molar-refractivity contribution in [3.05, 3.63) is 72.9 Å². The van der Waals surface area contributed by atoms with Gasteiger partial charge in [-0.2, -0.15) is 0 Å². The Balaban J connectivity index is 3.69. The average molecular weight is 820 g/mol. The number of aliphatic hydroxyl groups is 1. The SMILES string of the molecule is CC/C=C\C/C=C\C/C=C\C/C=C\C/C=C\C/C=C\CCC(=O)NCCOP(=O)(O)OCC(O)COC(=O)CCCCCCCCCCCCCCCCCCC. The van der Waals surface area contributed by atoms with E-state index in [1.165, 1.54) is 89.9 Å². The van der Waals surface area contributed by atoms with E-state index in [9.17, 15) is 24.2 Å². The Hall–Kier alpha value is -2.55. The second-order valence-electron chi connectivity index (χ2n) is 14.6. The number of aliphatic hydroxyl groups excluding tert-OH is 1. The number of rotatable bonds is 41. The highest BCUT2D eigenvalue weighted by atomic mass is 31.2. The fourth-order valence-corrected chi connectivity index (χ4v) is 6.57. The van der Waals surface area contributed by atoms with E-state index in [4.69, 9.17) is 13.8 Å². The molecule has 0 fully saturated rings. The molecule has 0 saturated carbocycles. The summed E-state index contributed by atoms with van der Waals surface area (Å²) in [5.41, 5.74) is 0. The number of nitrogens with one attached hydrogen (secondary N) is 1. The molecule has 0 saturated heterocycles. The Bertz CT molecular complexity index is 1160. The first-order valence-corrected chi connectivity index (χ1v) is 23.9. The predicted octanol–water partition coefficient (Wildman–Crippen LogP) is 12.7. The van der Waals surface area contributed by atoms with E-state index in [0.29, 0.717) is 12.8 Å². The van der Waals surface area contributed by atoms with Gasteiger partial charge < -0.3 is 20.1 Å². The summed E-state index contributed by atoms with van der Waals surface area (Å²) < 4.78 is 26.9. The fraction of sp³-hybridized carbons (Fsp3) is 0.702. The molecule has 0 aromatic heterocycles. The molecule has 10 heteroatoms. The molecule has 0 aromatic carbocycles. The third-order valence-electron chi connectivity index (χ3n) is 9.16. The molecule has 0 aliphatic rings. The fourth-order valence-electron chi connectivity index (χ4n) is 5.82. The summed E-state index contributed by atoms with van der Waals surface area (Å²) in [4.78, 5) is 33.9. The van der Waals surface area contributed by atoms with Gasteiger partial charge in [-0.3, -0.25) is 18.6 Å². The van der Waals surface area contributed by atoms with Crippen LogP contribution in [0.2, 0.25) is 0 Å². The predicted molar refractivity (Wildman–Crippen MR) is 238 cm³/mol. The number of allylic oxidation sites excluding steroid dienone is 12. The van der Waals surface area contributed by atoms with Gasteiger partial charge in [0, 0.05) is 19.4 Å². The molecular formula is C47H82NO8P. The van der Waals surface area contributed by atoms with E-state index >= 15 is 0 Å². The molecule has 0 aromatic rings. The van der Waals surface area contributed by atoms with Crippen LogP contribution in [0.3, 0.4) is 0 Å². The number of ether oxygens (including phenoxy) is 1. The van der Waals surface area contributed by atoms with Crippen LogP contribution < -0.4 is 5.32 Å². The molecule has 0 aliphatic carbocycles. The zero-order chi connectivity index (χ0) is 41.8. The van der Waals surface area contributed by atoms with Crippen molar-refractivity contribution in [2.45, 2.75) is 187 Å². The van der Waals surface area contributed by atoms with E-state index in [0.717, 1.165) is 57.8 Å². The van der Waals surface area contributed by atoms with E-state index in [-0.39, 0.29) is 32.1 Å². The lowest BCUT2D eigenvalue weighted by atomic mass is 10.0. The van der Waals surface area contributed by atoms with Crippen LogP contribution in [0.5, 0.6) is 0 Å². The van der Waals surface area contributed by atoms with Crippen LogP contribution in [0, 0.1) is 0 Å². The van der Waals surface area contributed by atoms with Crippen molar-refractivity contribution >= 4 is 19.7 Å². The van der Waals surface area contributed by atoms with Gasteiger partial charge in [0.2, 0.25) is 5.91 Å². The van der Waals surface area contributed by atoms with Gasteiger partial charge in [0.05, 0.1) is 13.2 Å². The summed E-state index contributed by atoms with van der Waals surface area (Å²) in [5, 5.41) is 12.7. The lowest BCUT2D eigenvalue weighted by molar-refractivity contribution is -0.147. The van der Waals surface area contributed by atoms with Gasteiger partial charge in [-0.1, -0.05) is 189 Å². The summed E-state index contributed by atoms with van der Waals surface area (Å²) >= 11 is 0. The Morgan fingerprint density at radius 3 is 1.44 bits per heavy atom. The molecule has 2 unspecified atom stereocenters. The quantitative estimate of drug-likeness (QED) is 0.0240. The topological polar surface area (TPSA) is 131 Å². The number of carbonyl (C=O) groups is 2. The number of unbranched alkanes of at least 4 members (excludes halogenated alkanes) is 16. The van der Waals surface area contributed by atoms with Crippen LogP contribution in [-0.2, 0) is 27.9 Å². The highest BCUT2D eigenvalue weighted by Crippen LogP contribution is 2.42. The van der Waals surface area contributed by atoms with E-state index in [1.54, 1.807) is 0 Å². The summed E-state index contributed by atoms with van der Waals surface area (Å²) in [6.07, 6.45) is 52.8. The molecule has 57 heavy (non-hydrogen) atoms. The van der Waals surface area contributed by atoms with Gasteiger partial charge >= 0.3 is 13.8 Å². The van der Waals surface area contributed by atoms with Gasteiger partial charge in [-0.25, -0.2) is 4.57 Å². The maximum atomic E-state index is 12.1. The summed E-state index contributed by atoms with van der Waals surface area (Å²) in [7, 11) is -4.44. The highest BCUT2D eigenvalue weighted by molar-refractivity contribution is 7.47. The Morgan fingerprint density at radius 2 is 0.982 bits per heavy atom. The molecule has 0 heterocycles. The third-order valence-corrected chi connectivity index (χ3v) is 10.1. The zero-order valence-corrected chi connectivity index (χ0v) is 36.9. The van der Waals surface area contributed by atoms with Crippen molar-refractivity contribution in [1.29, 1.82) is 0 Å². The number of esters is 1. The van der Waals surface area contributed by atoms with Crippen molar-refractivity contribution < 1.29 is 37.9 Å². The van der Waals surface area contributed by atoms with Crippen LogP contribution in [0.25, 0.3) is 0 Å². The molecule has 9 nitrogen and oxygen atoms in total. The maximum absolute atomic E-state index is 12.1. The molecule has 1 amide bonds. The molecular weight excluding hydrogens is 737 g/mol. The van der Waals surface area contributed by atoms with Crippen molar-refractivity contribution in [1.82, 2.24) is 5.32 Å². The lowest BCUT2D eigenvalue weighted by Crippen LogP contribution is -2.27. The minimum atomic E-state index is -4.44. The zero-order valence-electron chi connectivity index (χ0n) is 36.0. The maximum Gasteiger partial charge on any atom is 0.472 e. The number of hydrogen-bond donors (Lipinski definition) is 3. The van der Waals surface area contributed by atoms with E-state index < -0.39 is 26.5 Å². The van der Waals surface area contributed by atoms with Gasteiger partial charge in [-0.15, -0.1) is 0 Å². The second-order valence-corrected chi connectivity index (χ2v) is 16.1. The lowest BCUT2D eigenvalue weighted by Gasteiger charge is -2.15. The third kappa shape index (κ3) is 44.4. The Kier molecular flexibility index (Phi) is 41.1. The molecule has 0 bridgehead atoms. The summed E-state index contributed by atoms with van der Waals surface area (Å²) in [6, 6.07) is 0. The summed E-state index contributed by atoms with van der Waals surface area (Å²) in [5.74, 6) is -0.603. The van der Waals surface area contributed by atoms with Gasteiger partial charge in [-0.05, 0) is 51.4 Å². The number of phosphoric ester groups is 1. The first-order chi connectivity index (χ1) is 27.8. The molecule has 328 valence electrons. The first-order valence-electron chi connectivity index (χ1n) is 22.4. The van der Waals surface area contributed by atoms with Crippen LogP contribution in [0.1, 0.15) is 181 Å². The van der Waals surface area contributed by atoms with Crippen LogP contribution >= 0.6 is 7.82 Å². The molecule has 0 rings (SSSR count). The first kappa shape index (κ1) is 54.5. The number of carbonyl (C=O) groups excluding carboxylic acids is 2. The molecule has 2 atom stereocenters. The smallest absolute Gasteiger partial charge is 0.463 e. The standard InChI is InChI=1S/C47H82NO8P/c1-3-5-7-9-11-13-15-17-19-21-22-24-25-27-29-31-33-35-37-39-46(50)48-41-42-55-57(52,53)56-44-45(49)43-54-47(51)40-38-36-34-32-30-28-26-23-20-18-16-14-12-10-8-6-4-2/h5,7,11,13,17,19,22,24,27,29,33,35,45,49H,3-4,6,8-10,12,14-16,18,20-21,23,25-26,28,30-32,34,36-44H2,1-2H3,(H,48,50)(H,52,53)/b7-5-,13-11-,19-17-,24-22-,29-27-,35-33-. The number of phosphoric acid groups is 1. The molecule has 0 spiro atoms. The summed E-state index contributed by atoms with van der Waals surface area (Å²) in [6.45, 7) is 3.35. The van der Waals surface area contributed by atoms with Crippen LogP contribution in [0.4, 0.5) is 0 Å². The van der Waals surface area contributed by atoms with E-state index in [2.05, 4.69) is 79.9 Å². The Morgan fingerprint density at radius 1 is 0.561 bits per heavy atom. The Labute approximate surface area is 348 Å². The normalized spacial score (nSPS) is 14.0. The second kappa shape index (κ2) is 43.0. The average Bonchev–Trinajstić information content (AvgIpc) is 3.20. The van der Waals surface area contributed by atoms with Gasteiger partial charge in [0.1, 0.15) is 12.7 Å².